The molecule has 1 N–H and O–H groups in total. The molecule has 4 rings (SSSR count). The van der Waals surface area contributed by atoms with Crippen LogP contribution in [0.1, 0.15) is 11.1 Å². The smallest absolute Gasteiger partial charge is 0.332 e. The number of anilines is 1. The Morgan fingerprint density at radius 1 is 1.06 bits per heavy atom. The van der Waals surface area contributed by atoms with Gasteiger partial charge in [0, 0.05) is 20.6 Å². The number of nitrogens with zero attached hydrogens (tertiary/aromatic N) is 5. The number of aromatic nitrogens is 4. The van der Waals surface area contributed by atoms with Crippen molar-refractivity contribution < 1.29 is 4.74 Å². The van der Waals surface area contributed by atoms with Crippen LogP contribution in [0, 0.1) is 0 Å². The van der Waals surface area contributed by atoms with Gasteiger partial charge in [0.05, 0.1) is 6.21 Å². The van der Waals surface area contributed by atoms with Crippen LogP contribution < -0.4 is 21.4 Å². The van der Waals surface area contributed by atoms with Crippen molar-refractivity contribution in [3.63, 3.8) is 0 Å². The zero-order valence-electron chi connectivity index (χ0n) is 18.4. The van der Waals surface area contributed by atoms with Crippen molar-refractivity contribution >= 4 is 23.3 Å². The maximum atomic E-state index is 12.7. The van der Waals surface area contributed by atoms with E-state index in [9.17, 15) is 9.59 Å². The largest absolute Gasteiger partial charge is 0.489 e. The minimum absolute atomic E-state index is 0.280. The van der Waals surface area contributed by atoms with Crippen LogP contribution in [-0.4, -0.2) is 24.9 Å². The first-order chi connectivity index (χ1) is 16.0. The molecular formula is C24H24N6O3. The maximum Gasteiger partial charge on any atom is 0.332 e. The second kappa shape index (κ2) is 9.39. The number of hydrogen-bond acceptors (Lipinski definition) is 6. The van der Waals surface area contributed by atoms with Crippen molar-refractivity contribution in [1.82, 2.24) is 18.7 Å². The van der Waals surface area contributed by atoms with Gasteiger partial charge in [0.2, 0.25) is 5.95 Å². The molecular weight excluding hydrogens is 420 g/mol. The van der Waals surface area contributed by atoms with E-state index in [1.807, 2.05) is 54.6 Å². The van der Waals surface area contributed by atoms with Crippen molar-refractivity contribution in [3.05, 3.63) is 99.2 Å². The summed E-state index contributed by atoms with van der Waals surface area (Å²) >= 11 is 0. The van der Waals surface area contributed by atoms with Gasteiger partial charge < -0.3 is 4.74 Å². The van der Waals surface area contributed by atoms with Gasteiger partial charge >= 0.3 is 5.69 Å². The monoisotopic (exact) mass is 444 g/mol. The average molecular weight is 444 g/mol. The summed E-state index contributed by atoms with van der Waals surface area (Å²) in [5, 5.41) is 4.25. The molecule has 0 spiro atoms. The predicted octanol–water partition coefficient (Wildman–Crippen LogP) is 2.64. The third-order valence-corrected chi connectivity index (χ3v) is 5.17. The van der Waals surface area contributed by atoms with Crippen LogP contribution in [0.15, 0.2) is 81.9 Å². The number of hydrogen-bond donors (Lipinski definition) is 1. The minimum Gasteiger partial charge on any atom is -0.489 e. The van der Waals surface area contributed by atoms with Crippen LogP contribution in [-0.2, 0) is 27.2 Å². The molecule has 9 heteroatoms. The van der Waals surface area contributed by atoms with E-state index in [-0.39, 0.29) is 5.65 Å². The average Bonchev–Trinajstić information content (AvgIpc) is 3.20. The summed E-state index contributed by atoms with van der Waals surface area (Å²) in [6.07, 6.45) is 3.28. The highest BCUT2D eigenvalue weighted by atomic mass is 16.5. The van der Waals surface area contributed by atoms with E-state index in [4.69, 9.17) is 4.74 Å². The fourth-order valence-corrected chi connectivity index (χ4v) is 3.39. The summed E-state index contributed by atoms with van der Waals surface area (Å²) in [7, 11) is 3.01. The molecule has 0 bridgehead atoms. The summed E-state index contributed by atoms with van der Waals surface area (Å²) in [4.78, 5) is 29.3. The molecule has 2 aromatic carbocycles. The minimum atomic E-state index is -0.444. The van der Waals surface area contributed by atoms with Crippen LogP contribution in [0.5, 0.6) is 5.75 Å². The molecule has 2 aromatic heterocycles. The Balaban J connectivity index is 1.51. The van der Waals surface area contributed by atoms with Crippen LogP contribution in [0.25, 0.3) is 11.2 Å². The summed E-state index contributed by atoms with van der Waals surface area (Å²) < 4.78 is 9.82. The molecule has 9 nitrogen and oxygen atoms in total. The Hall–Kier alpha value is -4.40. The SMILES string of the molecule is C=CCn1c(N/N=C/c2ccc(OCc3ccccc3)cc2)nc2c1c(=O)n(C)c(=O)n2C. The van der Waals surface area contributed by atoms with Crippen molar-refractivity contribution in [2.45, 2.75) is 13.2 Å². The molecule has 168 valence electrons. The molecule has 4 aromatic rings. The van der Waals surface area contributed by atoms with E-state index in [1.54, 1.807) is 23.9 Å². The molecule has 0 aliphatic rings. The van der Waals surface area contributed by atoms with Gasteiger partial charge in [0.25, 0.3) is 5.56 Å². The number of hydrazone groups is 1. The normalized spacial score (nSPS) is 11.2. The van der Waals surface area contributed by atoms with E-state index in [2.05, 4.69) is 22.1 Å². The van der Waals surface area contributed by atoms with Crippen LogP contribution in [0.3, 0.4) is 0 Å². The van der Waals surface area contributed by atoms with Gasteiger partial charge in [0.1, 0.15) is 12.4 Å². The molecule has 33 heavy (non-hydrogen) atoms. The van der Waals surface area contributed by atoms with Crippen LogP contribution >= 0.6 is 0 Å². The van der Waals surface area contributed by atoms with Gasteiger partial charge in [-0.1, -0.05) is 36.4 Å². The summed E-state index contributed by atoms with van der Waals surface area (Å²) in [5.41, 5.74) is 4.53. The number of allylic oxidation sites excluding steroid dienone is 1. The van der Waals surface area contributed by atoms with Crippen LogP contribution in [0.2, 0.25) is 0 Å². The lowest BCUT2D eigenvalue weighted by Gasteiger charge is -2.07. The van der Waals surface area contributed by atoms with E-state index < -0.39 is 11.2 Å². The lowest BCUT2D eigenvalue weighted by molar-refractivity contribution is 0.306. The second-order valence-corrected chi connectivity index (χ2v) is 7.43. The van der Waals surface area contributed by atoms with Gasteiger partial charge in [-0.2, -0.15) is 10.1 Å². The third-order valence-electron chi connectivity index (χ3n) is 5.17. The number of benzene rings is 2. The lowest BCUT2D eigenvalue weighted by Crippen LogP contribution is -2.37. The third kappa shape index (κ3) is 4.47. The summed E-state index contributed by atoms with van der Waals surface area (Å²) in [6, 6.07) is 17.5. The number of ether oxygens (including phenoxy) is 1. The number of fused-ring (bicyclic) bond motifs is 1. The summed E-state index contributed by atoms with van der Waals surface area (Å²) in [5.74, 6) is 1.09. The second-order valence-electron chi connectivity index (χ2n) is 7.43. The fourth-order valence-electron chi connectivity index (χ4n) is 3.39. The Morgan fingerprint density at radius 2 is 1.79 bits per heavy atom. The number of aryl methyl sites for hydroxylation is 1. The Labute approximate surface area is 189 Å². The molecule has 0 unspecified atom stereocenters. The summed E-state index contributed by atoms with van der Waals surface area (Å²) in [6.45, 7) is 4.57. The molecule has 0 aliphatic carbocycles. The van der Waals surface area contributed by atoms with Gasteiger partial charge in [-0.15, -0.1) is 6.58 Å². The standard InChI is InChI=1S/C24H24N6O3/c1-4-14-30-20-21(28(2)24(32)29(3)22(20)31)26-23(30)27-25-15-17-10-12-19(13-11-17)33-16-18-8-6-5-7-9-18/h4-13,15H,1,14,16H2,2-3H3,(H,26,27)/b25-15+. The molecule has 0 saturated carbocycles. The first kappa shape index (κ1) is 21.8. The van der Waals surface area contributed by atoms with Crippen LogP contribution in [0.4, 0.5) is 5.95 Å². The zero-order valence-corrected chi connectivity index (χ0v) is 18.4. The number of nitrogens with one attached hydrogen (secondary N) is 1. The Bertz CT molecular complexity index is 1430. The van der Waals surface area contributed by atoms with Gasteiger partial charge in [0.15, 0.2) is 11.2 Å². The molecule has 0 radical (unpaired) electrons. The van der Waals surface area contributed by atoms with E-state index in [0.29, 0.717) is 24.6 Å². The van der Waals surface area contributed by atoms with Crippen molar-refractivity contribution in [1.29, 1.82) is 0 Å². The zero-order chi connectivity index (χ0) is 23.4. The first-order valence-corrected chi connectivity index (χ1v) is 10.3. The van der Waals surface area contributed by atoms with Crippen molar-refractivity contribution in [2.75, 3.05) is 5.43 Å². The molecule has 0 aliphatic heterocycles. The molecule has 2 heterocycles. The highest BCUT2D eigenvalue weighted by Gasteiger charge is 2.18. The topological polar surface area (TPSA) is 95.4 Å². The predicted molar refractivity (Wildman–Crippen MR) is 129 cm³/mol. The highest BCUT2D eigenvalue weighted by molar-refractivity contribution is 5.80. The van der Waals surface area contributed by atoms with E-state index in [1.165, 1.54) is 11.6 Å². The Kier molecular flexibility index (Phi) is 6.21. The Morgan fingerprint density at radius 3 is 2.48 bits per heavy atom. The van der Waals surface area contributed by atoms with E-state index >= 15 is 0 Å². The lowest BCUT2D eigenvalue weighted by atomic mass is 10.2. The molecule has 0 amide bonds. The van der Waals surface area contributed by atoms with E-state index in [0.717, 1.165) is 21.4 Å². The van der Waals surface area contributed by atoms with Gasteiger partial charge in [-0.3, -0.25) is 18.5 Å². The fraction of sp³-hybridized carbons (Fsp3) is 0.167. The molecule has 0 fully saturated rings. The maximum absolute atomic E-state index is 12.7. The number of rotatable bonds is 8. The van der Waals surface area contributed by atoms with Crippen molar-refractivity contribution in [3.8, 4) is 5.75 Å². The van der Waals surface area contributed by atoms with Crippen molar-refractivity contribution in [2.24, 2.45) is 19.2 Å². The number of imidazole rings is 1. The molecule has 0 saturated heterocycles. The highest BCUT2D eigenvalue weighted by Crippen LogP contribution is 2.16. The van der Waals surface area contributed by atoms with Gasteiger partial charge in [-0.05, 0) is 35.4 Å². The first-order valence-electron chi connectivity index (χ1n) is 10.3. The quantitative estimate of drug-likeness (QED) is 0.256. The molecule has 0 atom stereocenters. The van der Waals surface area contributed by atoms with Gasteiger partial charge in [-0.25, -0.2) is 10.2 Å².